The number of ether oxygens (including phenoxy) is 2. The molecule has 1 saturated heterocycles. The molecule has 138 valence electrons. The predicted octanol–water partition coefficient (Wildman–Crippen LogP) is 4.93. The molecule has 1 fully saturated rings. The third kappa shape index (κ3) is 4.29. The van der Waals surface area contributed by atoms with E-state index in [0.29, 0.717) is 25.3 Å². The van der Waals surface area contributed by atoms with Crippen molar-refractivity contribution in [1.82, 2.24) is 0 Å². The summed E-state index contributed by atoms with van der Waals surface area (Å²) in [6.45, 7) is 12.4. The molecule has 2 heterocycles. The van der Waals surface area contributed by atoms with E-state index in [2.05, 4.69) is 14.5 Å². The Balaban J connectivity index is 1.81. The van der Waals surface area contributed by atoms with Crippen molar-refractivity contribution < 1.29 is 22.6 Å². The van der Waals surface area contributed by atoms with Gasteiger partial charge in [-0.1, -0.05) is 12.1 Å². The fourth-order valence-corrected chi connectivity index (χ4v) is 4.03. The number of alkyl halides is 3. The maximum absolute atomic E-state index is 12.3. The lowest BCUT2D eigenvalue weighted by Crippen LogP contribution is -2.35. The van der Waals surface area contributed by atoms with Gasteiger partial charge in [0.15, 0.2) is 0 Å². The zero-order valence-electron chi connectivity index (χ0n) is 14.1. The summed E-state index contributed by atoms with van der Waals surface area (Å²) < 4.78 is 46.0. The second-order valence-electron chi connectivity index (χ2n) is 5.87. The average molecular weight is 382 g/mol. The van der Waals surface area contributed by atoms with Gasteiger partial charge >= 0.3 is 6.36 Å². The molecular formula is C18H17F3N2O2S. The maximum atomic E-state index is 12.3. The van der Waals surface area contributed by atoms with E-state index in [1.54, 1.807) is 23.5 Å². The van der Waals surface area contributed by atoms with Gasteiger partial charge in [-0.25, -0.2) is 4.85 Å². The molecule has 1 aliphatic heterocycles. The van der Waals surface area contributed by atoms with Crippen molar-refractivity contribution in [3.8, 4) is 5.75 Å². The third-order valence-electron chi connectivity index (χ3n) is 4.11. The largest absolute Gasteiger partial charge is 0.573 e. The second kappa shape index (κ2) is 7.56. The predicted molar refractivity (Wildman–Crippen MR) is 94.3 cm³/mol. The maximum Gasteiger partial charge on any atom is 0.573 e. The Bertz CT molecular complexity index is 804. The molecule has 0 saturated carbocycles. The molecular weight excluding hydrogens is 365 g/mol. The van der Waals surface area contributed by atoms with E-state index in [9.17, 15) is 13.2 Å². The van der Waals surface area contributed by atoms with Crippen molar-refractivity contribution in [2.24, 2.45) is 0 Å². The fourth-order valence-electron chi connectivity index (χ4n) is 2.87. The Morgan fingerprint density at radius 2 is 1.88 bits per heavy atom. The highest BCUT2D eigenvalue weighted by Gasteiger charge is 2.31. The molecule has 0 aliphatic carbocycles. The molecule has 1 aliphatic rings. The zero-order valence-corrected chi connectivity index (χ0v) is 14.9. The molecule has 2 aromatic rings. The second-order valence-corrected chi connectivity index (χ2v) is 7.07. The SMILES string of the molecule is [C-]#[N+]c1c(N2CCOCC2)sc(C)c1Cc1ccc(OC(F)(F)F)cc1. The smallest absolute Gasteiger partial charge is 0.406 e. The molecule has 0 atom stereocenters. The van der Waals surface area contributed by atoms with Crippen LogP contribution in [0.15, 0.2) is 24.3 Å². The van der Waals surface area contributed by atoms with Crippen molar-refractivity contribution in [1.29, 1.82) is 0 Å². The van der Waals surface area contributed by atoms with Gasteiger partial charge in [-0.2, -0.15) is 0 Å². The molecule has 1 aromatic heterocycles. The highest BCUT2D eigenvalue weighted by Crippen LogP contribution is 2.43. The van der Waals surface area contributed by atoms with Crippen molar-refractivity contribution in [2.45, 2.75) is 19.7 Å². The molecule has 0 unspecified atom stereocenters. The lowest BCUT2D eigenvalue weighted by Gasteiger charge is -2.28. The van der Waals surface area contributed by atoms with Crippen molar-refractivity contribution in [2.75, 3.05) is 31.2 Å². The monoisotopic (exact) mass is 382 g/mol. The summed E-state index contributed by atoms with van der Waals surface area (Å²) in [5.41, 5.74) is 2.39. The first-order valence-electron chi connectivity index (χ1n) is 8.04. The number of aryl methyl sites for hydroxylation is 1. The van der Waals surface area contributed by atoms with E-state index in [4.69, 9.17) is 11.3 Å². The van der Waals surface area contributed by atoms with E-state index < -0.39 is 6.36 Å². The van der Waals surface area contributed by atoms with Crippen LogP contribution in [-0.4, -0.2) is 32.7 Å². The van der Waals surface area contributed by atoms with E-state index in [1.165, 1.54) is 12.1 Å². The van der Waals surface area contributed by atoms with Gasteiger partial charge in [-0.3, -0.25) is 0 Å². The van der Waals surface area contributed by atoms with Crippen molar-refractivity contribution >= 4 is 22.0 Å². The van der Waals surface area contributed by atoms with Crippen LogP contribution in [0, 0.1) is 13.5 Å². The summed E-state index contributed by atoms with van der Waals surface area (Å²) in [4.78, 5) is 6.95. The van der Waals surface area contributed by atoms with Crippen LogP contribution in [0.1, 0.15) is 16.0 Å². The molecule has 0 N–H and O–H groups in total. The minimum Gasteiger partial charge on any atom is -0.406 e. The van der Waals surface area contributed by atoms with Crippen LogP contribution in [0.5, 0.6) is 5.75 Å². The molecule has 0 bridgehead atoms. The van der Waals surface area contributed by atoms with Gasteiger partial charge in [-0.05, 0) is 41.5 Å². The first kappa shape index (κ1) is 18.5. The number of benzene rings is 1. The van der Waals surface area contributed by atoms with Crippen molar-refractivity contribution in [3.63, 3.8) is 0 Å². The summed E-state index contributed by atoms with van der Waals surface area (Å²) in [6, 6.07) is 5.79. The summed E-state index contributed by atoms with van der Waals surface area (Å²) >= 11 is 1.59. The van der Waals surface area contributed by atoms with Gasteiger partial charge in [0.2, 0.25) is 5.69 Å². The standard InChI is InChI=1S/C18H17F3N2O2S/c1-12-15(11-13-3-5-14(6-4-13)25-18(19,20)21)16(22-2)17(26-12)23-7-9-24-10-8-23/h3-6H,7-11H2,1H3. The Morgan fingerprint density at radius 3 is 2.46 bits per heavy atom. The lowest BCUT2D eigenvalue weighted by atomic mass is 10.0. The van der Waals surface area contributed by atoms with Crippen LogP contribution in [0.2, 0.25) is 0 Å². The number of hydrogen-bond acceptors (Lipinski definition) is 4. The molecule has 0 amide bonds. The number of halogens is 3. The highest BCUT2D eigenvalue weighted by molar-refractivity contribution is 7.17. The Hall–Kier alpha value is -2.24. The first-order chi connectivity index (χ1) is 12.4. The van der Waals surface area contributed by atoms with E-state index in [0.717, 1.165) is 34.1 Å². The van der Waals surface area contributed by atoms with E-state index in [1.807, 2.05) is 6.92 Å². The minimum absolute atomic E-state index is 0.248. The third-order valence-corrected chi connectivity index (χ3v) is 5.31. The summed E-state index contributed by atoms with van der Waals surface area (Å²) in [6.07, 6.45) is -4.20. The number of morpholine rings is 1. The van der Waals surface area contributed by atoms with Crippen LogP contribution in [0.3, 0.4) is 0 Å². The molecule has 8 heteroatoms. The van der Waals surface area contributed by atoms with E-state index >= 15 is 0 Å². The van der Waals surface area contributed by atoms with Gasteiger partial charge in [0.05, 0.1) is 24.8 Å². The van der Waals surface area contributed by atoms with Crippen LogP contribution in [0.4, 0.5) is 23.9 Å². The molecule has 0 spiro atoms. The number of rotatable bonds is 4. The van der Waals surface area contributed by atoms with Crippen LogP contribution in [0.25, 0.3) is 4.85 Å². The Kier molecular flexibility index (Phi) is 5.39. The highest BCUT2D eigenvalue weighted by atomic mass is 32.1. The van der Waals surface area contributed by atoms with Crippen LogP contribution >= 0.6 is 11.3 Å². The van der Waals surface area contributed by atoms with Gasteiger partial charge in [-0.15, -0.1) is 24.5 Å². The zero-order chi connectivity index (χ0) is 18.7. The Labute approximate surface area is 153 Å². The Morgan fingerprint density at radius 1 is 1.23 bits per heavy atom. The summed E-state index contributed by atoms with van der Waals surface area (Å²) in [7, 11) is 0. The van der Waals surface area contributed by atoms with Crippen LogP contribution < -0.4 is 9.64 Å². The average Bonchev–Trinajstić information content (AvgIpc) is 2.92. The molecule has 26 heavy (non-hydrogen) atoms. The fraction of sp³-hybridized carbons (Fsp3) is 0.389. The first-order valence-corrected chi connectivity index (χ1v) is 8.86. The molecule has 4 nitrogen and oxygen atoms in total. The van der Waals surface area contributed by atoms with Crippen LogP contribution in [-0.2, 0) is 11.2 Å². The number of nitrogens with zero attached hydrogens (tertiary/aromatic N) is 2. The van der Waals surface area contributed by atoms with Gasteiger partial charge in [0, 0.05) is 13.1 Å². The normalized spacial score (nSPS) is 15.0. The topological polar surface area (TPSA) is 26.1 Å². The lowest BCUT2D eigenvalue weighted by molar-refractivity contribution is -0.274. The quantitative estimate of drug-likeness (QED) is 0.701. The molecule has 0 radical (unpaired) electrons. The number of hydrogen-bond donors (Lipinski definition) is 0. The number of anilines is 1. The number of thiophene rings is 1. The van der Waals surface area contributed by atoms with Gasteiger partial charge in [0.1, 0.15) is 5.75 Å². The van der Waals surface area contributed by atoms with Crippen molar-refractivity contribution in [3.05, 3.63) is 51.7 Å². The molecule has 1 aromatic carbocycles. The van der Waals surface area contributed by atoms with Gasteiger partial charge in [0.25, 0.3) is 0 Å². The minimum atomic E-state index is -4.70. The molecule has 3 rings (SSSR count). The summed E-state index contributed by atoms with van der Waals surface area (Å²) in [5, 5.41) is 0.952. The van der Waals surface area contributed by atoms with Gasteiger partial charge < -0.3 is 14.4 Å². The summed E-state index contributed by atoms with van der Waals surface area (Å²) in [5.74, 6) is -0.248. The van der Waals surface area contributed by atoms with E-state index in [-0.39, 0.29) is 5.75 Å².